The maximum absolute atomic E-state index is 12.2. The first-order valence-corrected chi connectivity index (χ1v) is 7.51. The molecule has 0 saturated carbocycles. The van der Waals surface area contributed by atoms with Gasteiger partial charge in [0, 0.05) is 11.0 Å². The minimum absolute atomic E-state index is 0.0985. The van der Waals surface area contributed by atoms with Gasteiger partial charge in [-0.2, -0.15) is 0 Å². The average Bonchev–Trinajstić information content (AvgIpc) is 2.93. The summed E-state index contributed by atoms with van der Waals surface area (Å²) in [5, 5.41) is 2.65. The molecule has 0 radical (unpaired) electrons. The Morgan fingerprint density at radius 1 is 1.43 bits per heavy atom. The summed E-state index contributed by atoms with van der Waals surface area (Å²) in [6.45, 7) is 0.384. The molecule has 0 aromatic heterocycles. The number of primary amides is 1. The van der Waals surface area contributed by atoms with Crippen LogP contribution in [-0.2, 0) is 14.3 Å². The molecule has 1 unspecified atom stereocenters. The van der Waals surface area contributed by atoms with E-state index in [1.54, 1.807) is 18.2 Å². The normalized spacial score (nSPS) is 22.8. The zero-order valence-corrected chi connectivity index (χ0v) is 13.0. The molecular formula is C14H18BrN3O3. The monoisotopic (exact) mass is 355 g/mol. The molecule has 114 valence electrons. The highest BCUT2D eigenvalue weighted by Crippen LogP contribution is 2.22. The summed E-state index contributed by atoms with van der Waals surface area (Å²) in [5.74, 6) is -0.954. The Morgan fingerprint density at radius 3 is 2.76 bits per heavy atom. The van der Waals surface area contributed by atoms with E-state index in [1.165, 1.54) is 0 Å². The molecule has 2 rings (SSSR count). The van der Waals surface area contributed by atoms with Gasteiger partial charge in [0.05, 0.1) is 6.10 Å². The van der Waals surface area contributed by atoms with Crippen molar-refractivity contribution in [3.63, 3.8) is 0 Å². The van der Waals surface area contributed by atoms with E-state index in [-0.39, 0.29) is 12.0 Å². The summed E-state index contributed by atoms with van der Waals surface area (Å²) < 4.78 is 6.32. The van der Waals surface area contributed by atoms with Crippen LogP contribution in [0.4, 0.5) is 0 Å². The molecule has 7 heteroatoms. The smallest absolute Gasteiger partial charge is 0.250 e. The van der Waals surface area contributed by atoms with Gasteiger partial charge in [0.25, 0.3) is 0 Å². The molecule has 0 aliphatic carbocycles. The van der Waals surface area contributed by atoms with Crippen molar-refractivity contribution in [2.75, 3.05) is 6.54 Å². The summed E-state index contributed by atoms with van der Waals surface area (Å²) in [7, 11) is 0. The Morgan fingerprint density at radius 2 is 2.19 bits per heavy atom. The molecule has 0 spiro atoms. The van der Waals surface area contributed by atoms with Crippen LogP contribution in [0.2, 0.25) is 0 Å². The minimum atomic E-state index is -0.879. The van der Waals surface area contributed by atoms with Gasteiger partial charge in [-0.05, 0) is 30.5 Å². The third kappa shape index (κ3) is 4.03. The molecule has 1 fully saturated rings. The van der Waals surface area contributed by atoms with Crippen LogP contribution in [0.5, 0.6) is 0 Å². The standard InChI is InChI=1S/C14H18BrN3O3/c15-9-3-1-2-8(6-9)12(13(17)19)18-14(20)11-5-4-10(7-16)21-11/h1-3,6,10-12H,4-5,7,16H2,(H2,17,19)(H,18,20)/t10-,11+,12?/m1/s1. The fraction of sp³-hybridized carbons (Fsp3) is 0.429. The van der Waals surface area contributed by atoms with Crippen molar-refractivity contribution in [3.05, 3.63) is 34.3 Å². The van der Waals surface area contributed by atoms with Crippen LogP contribution in [0.15, 0.2) is 28.7 Å². The molecule has 2 amide bonds. The maximum atomic E-state index is 12.2. The molecule has 3 atom stereocenters. The lowest BCUT2D eigenvalue weighted by molar-refractivity contribution is -0.135. The maximum Gasteiger partial charge on any atom is 0.250 e. The second-order valence-corrected chi connectivity index (χ2v) is 5.87. The highest BCUT2D eigenvalue weighted by atomic mass is 79.9. The predicted octanol–water partition coefficient (Wildman–Crippen LogP) is 0.598. The second kappa shape index (κ2) is 7.02. The molecule has 1 aromatic carbocycles. The first-order valence-electron chi connectivity index (χ1n) is 6.72. The number of nitrogens with one attached hydrogen (secondary N) is 1. The van der Waals surface area contributed by atoms with Gasteiger partial charge in [-0.15, -0.1) is 0 Å². The van der Waals surface area contributed by atoms with Crippen LogP contribution in [0.3, 0.4) is 0 Å². The Balaban J connectivity index is 2.07. The van der Waals surface area contributed by atoms with E-state index in [0.717, 1.165) is 10.9 Å². The topological polar surface area (TPSA) is 107 Å². The number of benzene rings is 1. The zero-order chi connectivity index (χ0) is 15.4. The number of hydrogen-bond acceptors (Lipinski definition) is 4. The quantitative estimate of drug-likeness (QED) is 0.718. The van der Waals surface area contributed by atoms with Crippen molar-refractivity contribution in [1.29, 1.82) is 0 Å². The molecule has 5 N–H and O–H groups in total. The molecule has 1 aliphatic heterocycles. The Bertz CT molecular complexity index is 538. The number of ether oxygens (including phenoxy) is 1. The van der Waals surface area contributed by atoms with E-state index in [9.17, 15) is 9.59 Å². The van der Waals surface area contributed by atoms with Crippen molar-refractivity contribution < 1.29 is 14.3 Å². The Kier molecular flexibility index (Phi) is 5.33. The number of carbonyl (C=O) groups is 2. The van der Waals surface area contributed by atoms with Crippen LogP contribution < -0.4 is 16.8 Å². The second-order valence-electron chi connectivity index (χ2n) is 4.96. The number of nitrogens with two attached hydrogens (primary N) is 2. The molecule has 1 aliphatic rings. The lowest BCUT2D eigenvalue weighted by Crippen LogP contribution is -2.42. The number of amides is 2. The predicted molar refractivity (Wildman–Crippen MR) is 81.2 cm³/mol. The van der Waals surface area contributed by atoms with Crippen molar-refractivity contribution in [1.82, 2.24) is 5.32 Å². The van der Waals surface area contributed by atoms with Gasteiger partial charge in [0.15, 0.2) is 0 Å². The minimum Gasteiger partial charge on any atom is -0.368 e. The fourth-order valence-electron chi connectivity index (χ4n) is 2.31. The first kappa shape index (κ1) is 15.9. The third-order valence-corrected chi connectivity index (χ3v) is 3.91. The SMILES string of the molecule is NC[C@H]1CC[C@@H](C(=O)NC(C(N)=O)c2cccc(Br)c2)O1. The lowest BCUT2D eigenvalue weighted by atomic mass is 10.1. The third-order valence-electron chi connectivity index (χ3n) is 3.42. The summed E-state index contributed by atoms with van der Waals surface area (Å²) in [5.41, 5.74) is 11.5. The number of hydrogen-bond donors (Lipinski definition) is 3. The molecule has 1 saturated heterocycles. The Hall–Kier alpha value is -1.44. The van der Waals surface area contributed by atoms with E-state index >= 15 is 0 Å². The van der Waals surface area contributed by atoms with Gasteiger partial charge in [0.2, 0.25) is 11.8 Å². The van der Waals surface area contributed by atoms with Gasteiger partial charge in [-0.1, -0.05) is 28.1 Å². The molecular weight excluding hydrogens is 338 g/mol. The largest absolute Gasteiger partial charge is 0.368 e. The molecule has 6 nitrogen and oxygen atoms in total. The average molecular weight is 356 g/mol. The van der Waals surface area contributed by atoms with Gasteiger partial charge in [-0.3, -0.25) is 9.59 Å². The highest BCUT2D eigenvalue weighted by Gasteiger charge is 2.32. The summed E-state index contributed by atoms with van der Waals surface area (Å²) in [4.78, 5) is 23.8. The van der Waals surface area contributed by atoms with Crippen molar-refractivity contribution in [3.8, 4) is 0 Å². The Labute approximate surface area is 131 Å². The molecule has 1 aromatic rings. The molecule has 21 heavy (non-hydrogen) atoms. The lowest BCUT2D eigenvalue weighted by Gasteiger charge is -2.19. The van der Waals surface area contributed by atoms with E-state index in [1.807, 2.05) is 6.07 Å². The van der Waals surface area contributed by atoms with E-state index in [0.29, 0.717) is 18.5 Å². The van der Waals surface area contributed by atoms with Gasteiger partial charge < -0.3 is 21.5 Å². The molecule has 1 heterocycles. The number of rotatable bonds is 5. The number of carbonyl (C=O) groups excluding carboxylic acids is 2. The summed E-state index contributed by atoms with van der Waals surface area (Å²) in [6, 6.07) is 6.20. The van der Waals surface area contributed by atoms with Gasteiger partial charge >= 0.3 is 0 Å². The van der Waals surface area contributed by atoms with Crippen LogP contribution in [-0.4, -0.2) is 30.6 Å². The number of halogens is 1. The van der Waals surface area contributed by atoms with Crippen LogP contribution in [0.1, 0.15) is 24.4 Å². The van der Waals surface area contributed by atoms with Crippen LogP contribution in [0, 0.1) is 0 Å². The summed E-state index contributed by atoms with van der Waals surface area (Å²) in [6.07, 6.45) is 0.663. The van der Waals surface area contributed by atoms with Gasteiger partial charge in [-0.25, -0.2) is 0 Å². The summed E-state index contributed by atoms with van der Waals surface area (Å²) >= 11 is 3.33. The van der Waals surface area contributed by atoms with Gasteiger partial charge in [0.1, 0.15) is 12.1 Å². The molecule has 0 bridgehead atoms. The van der Waals surface area contributed by atoms with E-state index in [2.05, 4.69) is 21.2 Å². The van der Waals surface area contributed by atoms with E-state index < -0.39 is 18.1 Å². The van der Waals surface area contributed by atoms with Crippen molar-refractivity contribution in [2.24, 2.45) is 11.5 Å². The van der Waals surface area contributed by atoms with Crippen LogP contribution >= 0.6 is 15.9 Å². The van der Waals surface area contributed by atoms with Crippen molar-refractivity contribution in [2.45, 2.75) is 31.1 Å². The van der Waals surface area contributed by atoms with Crippen LogP contribution in [0.25, 0.3) is 0 Å². The van der Waals surface area contributed by atoms with Crippen molar-refractivity contribution >= 4 is 27.7 Å². The fourth-order valence-corrected chi connectivity index (χ4v) is 2.73. The first-order chi connectivity index (χ1) is 10.0. The zero-order valence-electron chi connectivity index (χ0n) is 11.4. The highest BCUT2D eigenvalue weighted by molar-refractivity contribution is 9.10. The van der Waals surface area contributed by atoms with E-state index in [4.69, 9.17) is 16.2 Å².